The lowest BCUT2D eigenvalue weighted by molar-refractivity contribution is 0.838. The number of allylic oxidation sites excluding steroid dienone is 2. The fraction of sp³-hybridized carbons (Fsp3) is 0.125. The average Bonchev–Trinajstić information content (AvgIpc) is 2.58. The molecule has 1 heterocycles. The summed E-state index contributed by atoms with van der Waals surface area (Å²) < 4.78 is 0.317. The molecule has 1 aromatic heterocycles. The number of nitrogens with two attached hydrogens (primary N) is 1. The van der Waals surface area contributed by atoms with E-state index in [4.69, 9.17) is 39.5 Å². The van der Waals surface area contributed by atoms with Crippen LogP contribution in [0.3, 0.4) is 0 Å². The van der Waals surface area contributed by atoms with Crippen LogP contribution in [0.1, 0.15) is 4.88 Å². The molecular weight excluding hydrogens is 269 g/mol. The molecule has 0 aliphatic heterocycles. The smallest absolute Gasteiger partial charge is 0.185 e. The van der Waals surface area contributed by atoms with Crippen LogP contribution in [0.15, 0.2) is 11.4 Å². The molecular formula is C8H5Cl2N5S. The van der Waals surface area contributed by atoms with Crippen LogP contribution in [0, 0.1) is 22.7 Å². The highest BCUT2D eigenvalue weighted by Gasteiger charge is 2.09. The number of hydrogen-bond acceptors (Lipinski definition) is 6. The van der Waals surface area contributed by atoms with Crippen molar-refractivity contribution in [2.45, 2.75) is 6.54 Å². The minimum absolute atomic E-state index is 0.00286. The highest BCUT2D eigenvalue weighted by Crippen LogP contribution is 2.26. The van der Waals surface area contributed by atoms with Crippen LogP contribution in [0.5, 0.6) is 0 Å². The Bertz CT molecular complexity index is 507. The van der Waals surface area contributed by atoms with Gasteiger partial charge >= 0.3 is 0 Å². The van der Waals surface area contributed by atoms with Crippen LogP contribution in [0.4, 0.5) is 0 Å². The second-order valence-electron chi connectivity index (χ2n) is 2.55. The Hall–Kier alpha value is -1.47. The lowest BCUT2D eigenvalue weighted by atomic mass is 10.3. The summed E-state index contributed by atoms with van der Waals surface area (Å²) in [6.45, 7) is 0.245. The van der Waals surface area contributed by atoms with E-state index < -0.39 is 0 Å². The second kappa shape index (κ2) is 5.57. The van der Waals surface area contributed by atoms with E-state index in [9.17, 15) is 0 Å². The van der Waals surface area contributed by atoms with E-state index in [1.807, 2.05) is 0 Å². The van der Waals surface area contributed by atoms with Gasteiger partial charge in [0.15, 0.2) is 4.47 Å². The molecule has 0 radical (unpaired) electrons. The minimum Gasteiger partial charge on any atom is -0.388 e. The Labute approximate surface area is 106 Å². The highest BCUT2D eigenvalue weighted by atomic mass is 35.5. The fourth-order valence-electron chi connectivity index (χ4n) is 0.835. The van der Waals surface area contributed by atoms with Crippen molar-refractivity contribution in [3.63, 3.8) is 0 Å². The summed E-state index contributed by atoms with van der Waals surface area (Å²) >= 11 is 12.6. The lowest BCUT2D eigenvalue weighted by Gasteiger charge is -2.02. The lowest BCUT2D eigenvalue weighted by Crippen LogP contribution is -2.16. The Morgan fingerprint density at radius 2 is 2.12 bits per heavy atom. The number of aromatic nitrogens is 1. The van der Waals surface area contributed by atoms with Crippen LogP contribution < -0.4 is 11.1 Å². The molecule has 0 atom stereocenters. The third-order valence-corrected chi connectivity index (χ3v) is 3.14. The van der Waals surface area contributed by atoms with Gasteiger partial charge in [-0.2, -0.15) is 10.5 Å². The first-order valence-corrected chi connectivity index (χ1v) is 5.50. The maximum Gasteiger partial charge on any atom is 0.185 e. The van der Waals surface area contributed by atoms with Gasteiger partial charge in [-0.05, 0) is 0 Å². The van der Waals surface area contributed by atoms with Crippen LogP contribution in [-0.2, 0) is 6.54 Å². The Kier molecular flexibility index (Phi) is 4.39. The van der Waals surface area contributed by atoms with Crippen molar-refractivity contribution in [1.29, 1.82) is 10.5 Å². The Balaban J connectivity index is 2.76. The van der Waals surface area contributed by atoms with Crippen molar-refractivity contribution < 1.29 is 0 Å². The van der Waals surface area contributed by atoms with E-state index in [2.05, 4.69) is 10.3 Å². The standard InChI is InChI=1S/C8H5Cl2N5S/c9-7-6(16-8(10)15-7)3-14-5(2-12)4(13)1-11/h14H,3,13H2/b5-4+. The molecule has 3 N–H and O–H groups in total. The molecule has 1 aromatic rings. The highest BCUT2D eigenvalue weighted by molar-refractivity contribution is 7.16. The molecule has 16 heavy (non-hydrogen) atoms. The quantitative estimate of drug-likeness (QED) is 0.818. The third-order valence-electron chi connectivity index (χ3n) is 1.55. The van der Waals surface area contributed by atoms with Crippen molar-refractivity contribution in [2.75, 3.05) is 0 Å². The first-order valence-electron chi connectivity index (χ1n) is 3.93. The van der Waals surface area contributed by atoms with Gasteiger partial charge in [0.1, 0.15) is 28.7 Å². The zero-order chi connectivity index (χ0) is 12.1. The van der Waals surface area contributed by atoms with Crippen molar-refractivity contribution in [3.05, 3.63) is 25.9 Å². The third kappa shape index (κ3) is 3.01. The van der Waals surface area contributed by atoms with E-state index in [0.29, 0.717) is 9.34 Å². The van der Waals surface area contributed by atoms with Crippen molar-refractivity contribution in [1.82, 2.24) is 10.3 Å². The number of nitriles is 2. The maximum absolute atomic E-state index is 8.71. The van der Waals surface area contributed by atoms with Crippen LogP contribution in [0.25, 0.3) is 0 Å². The number of hydrogen-bond donors (Lipinski definition) is 2. The molecule has 0 spiro atoms. The molecule has 0 aromatic carbocycles. The first kappa shape index (κ1) is 12.6. The van der Waals surface area contributed by atoms with Gasteiger partial charge in [-0.25, -0.2) is 4.98 Å². The van der Waals surface area contributed by atoms with Gasteiger partial charge in [-0.3, -0.25) is 0 Å². The van der Waals surface area contributed by atoms with E-state index in [-0.39, 0.29) is 23.1 Å². The molecule has 0 aliphatic carbocycles. The van der Waals surface area contributed by atoms with Gasteiger partial charge in [0.05, 0.1) is 11.4 Å². The second-order valence-corrected chi connectivity index (χ2v) is 4.57. The van der Waals surface area contributed by atoms with Crippen molar-refractivity contribution in [3.8, 4) is 12.1 Å². The molecule has 5 nitrogen and oxygen atoms in total. The average molecular weight is 274 g/mol. The molecule has 82 valence electrons. The van der Waals surface area contributed by atoms with Gasteiger partial charge < -0.3 is 11.1 Å². The van der Waals surface area contributed by atoms with Crippen LogP contribution in [-0.4, -0.2) is 4.98 Å². The largest absolute Gasteiger partial charge is 0.388 e. The van der Waals surface area contributed by atoms with Gasteiger partial charge in [-0.1, -0.05) is 23.2 Å². The van der Waals surface area contributed by atoms with Crippen LogP contribution >= 0.6 is 34.5 Å². The number of halogens is 2. The first-order chi connectivity index (χ1) is 7.58. The zero-order valence-electron chi connectivity index (χ0n) is 7.79. The summed E-state index contributed by atoms with van der Waals surface area (Å²) in [5.41, 5.74) is 5.13. The van der Waals surface area contributed by atoms with Crippen molar-refractivity contribution in [2.24, 2.45) is 5.73 Å². The summed E-state index contributed by atoms with van der Waals surface area (Å²) in [6, 6.07) is 3.45. The molecule has 0 unspecified atom stereocenters. The maximum atomic E-state index is 8.71. The predicted octanol–water partition coefficient (Wildman–Crippen LogP) is 1.76. The molecule has 0 aliphatic rings. The summed E-state index contributed by atoms with van der Waals surface area (Å²) in [5.74, 6) is 0. The van der Waals surface area contributed by atoms with E-state index in [1.54, 1.807) is 12.1 Å². The number of thiazole rings is 1. The van der Waals surface area contributed by atoms with Gasteiger partial charge in [-0.15, -0.1) is 11.3 Å². The summed E-state index contributed by atoms with van der Waals surface area (Å²) in [4.78, 5) is 4.47. The Morgan fingerprint density at radius 3 is 2.56 bits per heavy atom. The van der Waals surface area contributed by atoms with Crippen LogP contribution in [0.2, 0.25) is 9.62 Å². The van der Waals surface area contributed by atoms with E-state index in [1.165, 1.54) is 11.3 Å². The number of nitrogens with one attached hydrogen (secondary N) is 1. The molecule has 0 saturated carbocycles. The fourth-order valence-corrected chi connectivity index (χ4v) is 2.17. The normalized spacial score (nSPS) is 11.2. The van der Waals surface area contributed by atoms with E-state index in [0.717, 1.165) is 0 Å². The monoisotopic (exact) mass is 273 g/mol. The minimum atomic E-state index is -0.172. The van der Waals surface area contributed by atoms with Gasteiger partial charge in [0, 0.05) is 0 Å². The molecule has 8 heteroatoms. The predicted molar refractivity (Wildman–Crippen MR) is 61.4 cm³/mol. The van der Waals surface area contributed by atoms with Gasteiger partial charge in [0.25, 0.3) is 0 Å². The van der Waals surface area contributed by atoms with E-state index >= 15 is 0 Å². The van der Waals surface area contributed by atoms with Gasteiger partial charge in [0.2, 0.25) is 0 Å². The molecule has 0 saturated heterocycles. The zero-order valence-corrected chi connectivity index (χ0v) is 10.1. The Morgan fingerprint density at radius 1 is 1.44 bits per heavy atom. The molecule has 0 bridgehead atoms. The summed E-state index contributed by atoms with van der Waals surface area (Å²) in [5, 5.41) is 20.2. The summed E-state index contributed by atoms with van der Waals surface area (Å²) in [7, 11) is 0. The topological polar surface area (TPSA) is 98.5 Å². The number of nitrogens with zero attached hydrogens (tertiary/aromatic N) is 3. The number of rotatable bonds is 3. The summed E-state index contributed by atoms with van der Waals surface area (Å²) in [6.07, 6.45) is 0. The van der Waals surface area contributed by atoms with Crippen molar-refractivity contribution >= 4 is 34.5 Å². The molecule has 0 fully saturated rings. The SMILES string of the molecule is N#C/C(N)=C(/C#N)NCc1sc(Cl)nc1Cl. The molecule has 1 rings (SSSR count). The molecule has 0 amide bonds.